The Hall–Kier alpha value is -14.0. The number of benzene rings is 5. The summed E-state index contributed by atoms with van der Waals surface area (Å²) in [6.45, 7) is 11.6. The summed E-state index contributed by atoms with van der Waals surface area (Å²) < 4.78 is 0. The minimum absolute atomic E-state index is 0.130. The van der Waals surface area contributed by atoms with E-state index in [1.807, 2.05) is 30.3 Å². The van der Waals surface area contributed by atoms with Crippen molar-refractivity contribution >= 4 is 129 Å². The van der Waals surface area contributed by atoms with Gasteiger partial charge < -0.3 is 116 Å². The van der Waals surface area contributed by atoms with Crippen molar-refractivity contribution in [1.29, 1.82) is 0 Å². The molecule has 22 N–H and O–H groups in total. The summed E-state index contributed by atoms with van der Waals surface area (Å²) >= 11 is 0.670. The number of carboxylic acids is 1. The number of likely N-dealkylation sites (N-methyl/N-ethyl adjacent to an activating group) is 2. The molecule has 1 fully saturated rings. The number of thioether (sulfide) groups is 1. The number of aliphatic carboxylic acids is 1. The number of aromatic nitrogens is 1. The average Bonchev–Trinajstić information content (AvgIpc) is 1.79. The molecule has 1 aliphatic rings. The highest BCUT2D eigenvalue weighted by molar-refractivity contribution is 8.00. The zero-order chi connectivity index (χ0) is 97.5. The lowest BCUT2D eigenvalue weighted by molar-refractivity contribution is -0.147. The van der Waals surface area contributed by atoms with Crippen LogP contribution < -0.4 is 80.6 Å². The maximum absolute atomic E-state index is 15.4. The lowest BCUT2D eigenvalue weighted by Crippen LogP contribution is -2.61. The Morgan fingerprint density at radius 2 is 0.856 bits per heavy atom. The zero-order valence-electron chi connectivity index (χ0n) is 75.3. The van der Waals surface area contributed by atoms with Gasteiger partial charge in [0.2, 0.25) is 100 Å². The molecule has 5 aromatic carbocycles. The van der Waals surface area contributed by atoms with Gasteiger partial charge in [-0.2, -0.15) is 0 Å². The summed E-state index contributed by atoms with van der Waals surface area (Å²) in [6.07, 6.45) is -2.17. The van der Waals surface area contributed by atoms with Crippen molar-refractivity contribution in [1.82, 2.24) is 83.9 Å². The summed E-state index contributed by atoms with van der Waals surface area (Å²) in [4.78, 5) is 262. The number of nitrogens with two attached hydrogens (primary N) is 2. The van der Waals surface area contributed by atoms with E-state index in [0.29, 0.717) is 39.4 Å². The van der Waals surface area contributed by atoms with E-state index < -0.39 is 253 Å². The average molecular weight is 1850 g/mol. The van der Waals surface area contributed by atoms with Crippen molar-refractivity contribution in [2.75, 3.05) is 45.3 Å². The molecule has 1 saturated heterocycles. The Balaban J connectivity index is 1.31. The van der Waals surface area contributed by atoms with Crippen molar-refractivity contribution in [2.45, 2.75) is 192 Å². The summed E-state index contributed by atoms with van der Waals surface area (Å²) in [6, 6.07) is 12.2. The Bertz CT molecular complexity index is 5100. The molecule has 13 atom stereocenters. The van der Waals surface area contributed by atoms with Crippen LogP contribution in [0.1, 0.15) is 110 Å². The lowest BCUT2D eigenvalue weighted by atomic mass is 9.97. The van der Waals surface area contributed by atoms with E-state index in [1.54, 1.807) is 96.3 Å². The molecule has 1 aliphatic heterocycles. The number of H-pyrrole nitrogens is 1. The van der Waals surface area contributed by atoms with E-state index in [9.17, 15) is 78.0 Å². The number of aliphatic hydroxyl groups is 1. The molecule has 6 aromatic rings. The van der Waals surface area contributed by atoms with E-state index in [1.165, 1.54) is 83.4 Å². The number of nitrogens with one attached hydrogen (secondary N) is 14. The first-order valence-corrected chi connectivity index (χ1v) is 44.2. The number of aromatic hydroxyl groups is 2. The standard InChI is InChI=1S/C91H120N18O22S/c1-47(2)33-62-80(120)101-66(36-52-21-27-56(28-22-52)55-17-13-12-14-18-55)87(127)107-78(50(7)8)91(131)109(11)51(9)90(130)108(10)43-74(115)96-68(39-72(92)113)84(124)99-63(34-48(3)4)86(126)106-77(49(5)6)89(129)104-70(44-110)88(128)105-71(79(119)95-42-73(93)114)45-132-46-75(116)97-64(35-53-23-29-58(111)30-24-53)81(121)100-65(37-54-25-31-59(112)32-26-54)82(122)103-69(40-76(117)118)85(125)102-67(83(123)98-62)38-57-41-94-61-20-16-15-19-60(57)61/h12-32,41,47-51,62-71,77-78,94,110-112H,33-40,42-46H2,1-11H3,(H2,92,113)(H2,93,114)(H,95,119)(H,96,115)(H,97,116)(H,98,123)(H,99,124)(H,100,121)(H,101,120)(H,102,125)(H,103,122)(H,104,129)(H,105,128)(H,106,126)(H,107,127)(H,117,118)/t51-,62-,63-,64-,65-,66-,67-,68-,69-,70-,71-,77-,78-/m0/s1. The number of hydrogen-bond acceptors (Lipinski definition) is 22. The second-order valence-electron chi connectivity index (χ2n) is 34.0. The number of carbonyl (C=O) groups is 18. The third-order valence-electron chi connectivity index (χ3n) is 21.6. The SMILES string of the molecule is CC(C)C[C@@H]1NC(=O)[C@H](Cc2c[nH]c3ccccc23)NC(=O)[C@H](CC(=O)O)NC(=O)[C@H](Cc2ccc(O)cc2)NC(=O)[C@H](Cc2ccc(O)cc2)NC(=O)CSC[C@@H](C(=O)NCC(N)=O)NC(=O)[C@H](CO)NC(=O)[C@H](C(C)C)NC(=O)[C@H](CC(C)C)NC(=O)[C@H](CC(N)=O)NC(=O)CN(C)C(=O)[C@H](C)N(C)C(=O)[C@H](C(C)C)NC(=O)[C@H](Cc2ccc(-c3ccccc3)cc2)NC1=O. The van der Waals surface area contributed by atoms with Gasteiger partial charge in [-0.05, 0) is 107 Å². The molecule has 1 aromatic heterocycles. The monoisotopic (exact) mass is 1850 g/mol. The van der Waals surface area contributed by atoms with Crippen LogP contribution >= 0.6 is 11.8 Å². The maximum atomic E-state index is 15.4. The minimum atomic E-state index is -2.09. The maximum Gasteiger partial charge on any atom is 0.305 e. The smallest absolute Gasteiger partial charge is 0.305 e. The molecule has 40 nitrogen and oxygen atoms in total. The van der Waals surface area contributed by atoms with E-state index in [-0.39, 0.29) is 55.1 Å². The van der Waals surface area contributed by atoms with Crippen LogP contribution in [0.2, 0.25) is 0 Å². The molecular weight excluding hydrogens is 1730 g/mol. The molecule has 712 valence electrons. The topological polar surface area (TPSA) is 619 Å². The molecule has 0 spiro atoms. The fourth-order valence-electron chi connectivity index (χ4n) is 14.3. The van der Waals surface area contributed by atoms with E-state index in [2.05, 4.69) is 74.1 Å². The molecule has 0 bridgehead atoms. The first-order valence-electron chi connectivity index (χ1n) is 43.0. The molecule has 0 unspecified atom stereocenters. The van der Waals surface area contributed by atoms with Crippen LogP contribution in [0.3, 0.4) is 0 Å². The highest BCUT2D eigenvalue weighted by Gasteiger charge is 2.41. The Kier molecular flexibility index (Phi) is 40.0. The number of nitrogens with zero attached hydrogens (tertiary/aromatic N) is 2. The Morgan fingerprint density at radius 1 is 0.447 bits per heavy atom. The predicted octanol–water partition coefficient (Wildman–Crippen LogP) is -1.27. The third kappa shape index (κ3) is 32.6. The minimum Gasteiger partial charge on any atom is -0.508 e. The van der Waals surface area contributed by atoms with Gasteiger partial charge >= 0.3 is 5.97 Å². The van der Waals surface area contributed by atoms with E-state index in [4.69, 9.17) is 11.5 Å². The van der Waals surface area contributed by atoms with Gasteiger partial charge in [0.25, 0.3) is 0 Å². The van der Waals surface area contributed by atoms with E-state index in [0.717, 1.165) is 20.9 Å². The number of fused-ring (bicyclic) bond motifs is 1. The van der Waals surface area contributed by atoms with Crippen LogP contribution in [-0.2, 0) is 112 Å². The number of hydrogen-bond donors (Lipinski definition) is 20. The largest absolute Gasteiger partial charge is 0.508 e. The van der Waals surface area contributed by atoms with Crippen molar-refractivity contribution in [3.63, 3.8) is 0 Å². The lowest BCUT2D eigenvalue weighted by Gasteiger charge is -2.33. The molecule has 0 saturated carbocycles. The number of aliphatic hydroxyl groups excluding tert-OH is 1. The molecule has 0 radical (unpaired) electrons. The van der Waals surface area contributed by atoms with Gasteiger partial charge in [0.1, 0.15) is 90.0 Å². The number of carbonyl (C=O) groups excluding carboxylic acids is 17. The van der Waals surface area contributed by atoms with Crippen LogP contribution in [0.4, 0.5) is 0 Å². The summed E-state index contributed by atoms with van der Waals surface area (Å²) in [5, 5.41) is 75.2. The normalized spacial score (nSPS) is 22.9. The van der Waals surface area contributed by atoms with E-state index >= 15 is 28.8 Å². The number of amides is 17. The zero-order valence-corrected chi connectivity index (χ0v) is 76.1. The summed E-state index contributed by atoms with van der Waals surface area (Å²) in [5.41, 5.74) is 14.7. The van der Waals surface area contributed by atoms with Gasteiger partial charge in [0, 0.05) is 62.6 Å². The number of phenols is 2. The Morgan fingerprint density at radius 3 is 1.35 bits per heavy atom. The first kappa shape index (κ1) is 105. The van der Waals surface area contributed by atoms with Crippen LogP contribution in [0.15, 0.2) is 134 Å². The van der Waals surface area contributed by atoms with Gasteiger partial charge in [0.15, 0.2) is 0 Å². The van der Waals surface area contributed by atoms with Crippen molar-refractivity contribution in [3.05, 3.63) is 156 Å². The summed E-state index contributed by atoms with van der Waals surface area (Å²) in [5.74, 6) is -23.3. The van der Waals surface area contributed by atoms with Crippen molar-refractivity contribution < 1.29 is 107 Å². The van der Waals surface area contributed by atoms with Gasteiger partial charge in [0.05, 0.1) is 38.3 Å². The molecular formula is C91H120N18O22S. The molecule has 7 rings (SSSR count). The van der Waals surface area contributed by atoms with Crippen LogP contribution in [-0.4, -0.2) is 265 Å². The molecule has 2 heterocycles. The van der Waals surface area contributed by atoms with Crippen LogP contribution in [0, 0.1) is 23.7 Å². The number of para-hydroxylation sites is 1. The number of aromatic amines is 1. The quantitative estimate of drug-likeness (QED) is 0.0356. The number of carboxylic acid groups (broad SMARTS) is 1. The van der Waals surface area contributed by atoms with Gasteiger partial charge in [-0.3, -0.25) is 86.3 Å². The number of phenolic OH excluding ortho intramolecular Hbond substituents is 2. The van der Waals surface area contributed by atoms with Crippen LogP contribution in [0.25, 0.3) is 22.0 Å². The number of primary amides is 2. The van der Waals surface area contributed by atoms with Crippen LogP contribution in [0.5, 0.6) is 11.5 Å². The van der Waals surface area contributed by atoms with Gasteiger partial charge in [-0.1, -0.05) is 152 Å². The predicted molar refractivity (Wildman–Crippen MR) is 486 cm³/mol. The Labute approximate surface area is 767 Å². The second kappa shape index (κ2) is 50.3. The fourth-order valence-corrected chi connectivity index (χ4v) is 15.2. The van der Waals surface area contributed by atoms with Crippen molar-refractivity contribution in [2.24, 2.45) is 35.1 Å². The fraction of sp³-hybridized carbons (Fsp3) is 0.451. The second-order valence-corrected chi connectivity index (χ2v) is 35.0. The van der Waals surface area contributed by atoms with Gasteiger partial charge in [-0.25, -0.2) is 0 Å². The molecule has 17 amide bonds. The molecule has 132 heavy (non-hydrogen) atoms. The molecule has 41 heteroatoms. The highest BCUT2D eigenvalue weighted by atomic mass is 32.2. The summed E-state index contributed by atoms with van der Waals surface area (Å²) in [7, 11) is 2.46. The molecule has 0 aliphatic carbocycles. The highest BCUT2D eigenvalue weighted by Crippen LogP contribution is 2.24. The van der Waals surface area contributed by atoms with Crippen molar-refractivity contribution in [3.8, 4) is 22.6 Å². The first-order chi connectivity index (χ1) is 62.4. The third-order valence-corrected chi connectivity index (χ3v) is 22.6. The van der Waals surface area contributed by atoms with Gasteiger partial charge in [-0.15, -0.1) is 11.8 Å². The number of rotatable bonds is 23.